The smallest absolute Gasteiger partial charge is 0.115 e. The predicted molar refractivity (Wildman–Crippen MR) is 76.7 cm³/mol. The highest BCUT2D eigenvalue weighted by atomic mass is 127. The molecule has 2 N–H and O–H groups in total. The first-order chi connectivity index (χ1) is 8.00. The maximum absolute atomic E-state index is 9.29. The molecular weight excluding hydrogens is 327 g/mol. The molecule has 2 aromatic carbocycles. The first-order valence-corrected chi connectivity index (χ1v) is 6.36. The fourth-order valence-corrected chi connectivity index (χ4v) is 2.43. The molecule has 0 fully saturated rings. The van der Waals surface area contributed by atoms with Crippen molar-refractivity contribution in [2.45, 2.75) is 10.3 Å². The van der Waals surface area contributed by atoms with Gasteiger partial charge in [0.25, 0.3) is 0 Å². The first kappa shape index (κ1) is 12.2. The van der Waals surface area contributed by atoms with Crippen molar-refractivity contribution in [2.24, 2.45) is 0 Å². The van der Waals surface area contributed by atoms with Crippen molar-refractivity contribution in [2.75, 3.05) is 0 Å². The number of phenols is 2. The summed E-state index contributed by atoms with van der Waals surface area (Å²) in [6, 6.07) is 14.4. The topological polar surface area (TPSA) is 40.5 Å². The van der Waals surface area contributed by atoms with E-state index in [1.165, 1.54) is 0 Å². The maximum Gasteiger partial charge on any atom is 0.115 e. The van der Waals surface area contributed by atoms with Crippen LogP contribution in [0.15, 0.2) is 48.5 Å². The Kier molecular flexibility index (Phi) is 3.28. The zero-order chi connectivity index (χ0) is 12.5. The minimum atomic E-state index is -0.181. The van der Waals surface area contributed by atoms with Gasteiger partial charge in [-0.05, 0) is 42.3 Å². The normalized spacial score (nSPS) is 11.4. The van der Waals surface area contributed by atoms with E-state index in [2.05, 4.69) is 29.5 Å². The molecule has 88 valence electrons. The number of hydrogen-bond donors (Lipinski definition) is 2. The Hall–Kier alpha value is -1.23. The molecule has 0 aromatic heterocycles. The van der Waals surface area contributed by atoms with Crippen LogP contribution in [0.25, 0.3) is 0 Å². The van der Waals surface area contributed by atoms with Gasteiger partial charge in [-0.3, -0.25) is 0 Å². The third-order valence-corrected chi connectivity index (χ3v) is 4.06. The molecule has 0 heterocycles. The van der Waals surface area contributed by atoms with Gasteiger partial charge in [0.05, 0.1) is 3.42 Å². The van der Waals surface area contributed by atoms with Crippen LogP contribution in [0.5, 0.6) is 11.5 Å². The lowest BCUT2D eigenvalue weighted by atomic mass is 9.93. The van der Waals surface area contributed by atoms with Crippen LogP contribution in [0, 0.1) is 0 Å². The number of benzene rings is 2. The van der Waals surface area contributed by atoms with Gasteiger partial charge in [-0.15, -0.1) is 0 Å². The Labute approximate surface area is 114 Å². The van der Waals surface area contributed by atoms with E-state index in [-0.39, 0.29) is 14.9 Å². The number of hydrogen-bond acceptors (Lipinski definition) is 2. The molecule has 0 atom stereocenters. The summed E-state index contributed by atoms with van der Waals surface area (Å²) in [5, 5.41) is 18.6. The molecule has 0 radical (unpaired) electrons. The van der Waals surface area contributed by atoms with Gasteiger partial charge in [0.15, 0.2) is 0 Å². The van der Waals surface area contributed by atoms with Gasteiger partial charge < -0.3 is 10.2 Å². The average molecular weight is 340 g/mol. The van der Waals surface area contributed by atoms with Crippen molar-refractivity contribution in [3.8, 4) is 11.5 Å². The molecule has 17 heavy (non-hydrogen) atoms. The molecule has 2 aromatic rings. The average Bonchev–Trinajstić information content (AvgIpc) is 2.30. The van der Waals surface area contributed by atoms with E-state index in [0.717, 1.165) is 11.1 Å². The van der Waals surface area contributed by atoms with Crippen molar-refractivity contribution in [3.05, 3.63) is 59.7 Å². The minimum absolute atomic E-state index is 0.181. The standard InChI is InChI=1S/C14H13IO2/c1-14(15,10-2-6-12(16)7-3-10)11-4-8-13(17)9-5-11/h2-9,16-17H,1H3. The Balaban J connectivity index is 2.41. The molecule has 3 heteroatoms. The number of halogens is 1. The van der Waals surface area contributed by atoms with E-state index in [1.807, 2.05) is 24.3 Å². The van der Waals surface area contributed by atoms with E-state index in [1.54, 1.807) is 24.3 Å². The van der Waals surface area contributed by atoms with Gasteiger partial charge in [-0.2, -0.15) is 0 Å². The van der Waals surface area contributed by atoms with Crippen LogP contribution < -0.4 is 0 Å². The Morgan fingerprint density at radius 1 is 0.765 bits per heavy atom. The highest BCUT2D eigenvalue weighted by Gasteiger charge is 2.24. The quantitative estimate of drug-likeness (QED) is 0.645. The Morgan fingerprint density at radius 2 is 1.06 bits per heavy atom. The van der Waals surface area contributed by atoms with Gasteiger partial charge in [0.2, 0.25) is 0 Å². The summed E-state index contributed by atoms with van der Waals surface area (Å²) in [6.07, 6.45) is 0. The molecule has 0 aliphatic carbocycles. The molecule has 0 unspecified atom stereocenters. The van der Waals surface area contributed by atoms with Gasteiger partial charge >= 0.3 is 0 Å². The zero-order valence-electron chi connectivity index (χ0n) is 9.39. The second-order valence-corrected chi connectivity index (χ2v) is 6.25. The molecular formula is C14H13IO2. The van der Waals surface area contributed by atoms with Crippen LogP contribution in [-0.4, -0.2) is 10.2 Å². The minimum Gasteiger partial charge on any atom is -0.508 e. The highest BCUT2D eigenvalue weighted by molar-refractivity contribution is 14.1. The van der Waals surface area contributed by atoms with Crippen molar-refractivity contribution in [1.82, 2.24) is 0 Å². The Bertz CT molecular complexity index is 453. The fraction of sp³-hybridized carbons (Fsp3) is 0.143. The summed E-state index contributed by atoms with van der Waals surface area (Å²) in [5.41, 5.74) is 2.23. The van der Waals surface area contributed by atoms with Gasteiger partial charge in [0, 0.05) is 0 Å². The van der Waals surface area contributed by atoms with E-state index in [4.69, 9.17) is 0 Å². The largest absolute Gasteiger partial charge is 0.508 e. The highest BCUT2D eigenvalue weighted by Crippen LogP contribution is 2.39. The van der Waals surface area contributed by atoms with Crippen molar-refractivity contribution < 1.29 is 10.2 Å². The van der Waals surface area contributed by atoms with Crippen LogP contribution in [0.3, 0.4) is 0 Å². The summed E-state index contributed by atoms with van der Waals surface area (Å²) in [6.45, 7) is 2.10. The molecule has 0 amide bonds. The van der Waals surface area contributed by atoms with Crippen LogP contribution >= 0.6 is 22.6 Å². The van der Waals surface area contributed by atoms with Crippen LogP contribution in [-0.2, 0) is 3.42 Å². The van der Waals surface area contributed by atoms with Crippen molar-refractivity contribution >= 4 is 22.6 Å². The molecule has 0 bridgehead atoms. The molecule has 2 rings (SSSR count). The third kappa shape index (κ3) is 2.54. The van der Waals surface area contributed by atoms with E-state index >= 15 is 0 Å². The SMILES string of the molecule is CC(I)(c1ccc(O)cc1)c1ccc(O)cc1. The molecule has 0 aliphatic heterocycles. The molecule has 0 saturated carbocycles. The van der Waals surface area contributed by atoms with Gasteiger partial charge in [-0.1, -0.05) is 46.9 Å². The zero-order valence-corrected chi connectivity index (χ0v) is 11.5. The summed E-state index contributed by atoms with van der Waals surface area (Å²) in [7, 11) is 0. The summed E-state index contributed by atoms with van der Waals surface area (Å²) < 4.78 is -0.181. The van der Waals surface area contributed by atoms with Crippen LogP contribution in [0.4, 0.5) is 0 Å². The molecule has 0 spiro atoms. The van der Waals surface area contributed by atoms with E-state index < -0.39 is 0 Å². The van der Waals surface area contributed by atoms with Gasteiger partial charge in [-0.25, -0.2) is 0 Å². The van der Waals surface area contributed by atoms with Gasteiger partial charge in [0.1, 0.15) is 11.5 Å². The van der Waals surface area contributed by atoms with E-state index in [0.29, 0.717) is 0 Å². The first-order valence-electron chi connectivity index (χ1n) is 5.28. The lowest BCUT2D eigenvalue weighted by Crippen LogP contribution is -2.14. The third-order valence-electron chi connectivity index (χ3n) is 2.82. The Morgan fingerprint density at radius 3 is 1.35 bits per heavy atom. The predicted octanol–water partition coefficient (Wildman–Crippen LogP) is 3.80. The van der Waals surface area contributed by atoms with Crippen molar-refractivity contribution in [3.63, 3.8) is 0 Å². The second-order valence-electron chi connectivity index (χ2n) is 4.10. The number of phenolic OH excluding ortho intramolecular Hbond substituents is 2. The summed E-state index contributed by atoms with van der Waals surface area (Å²) in [4.78, 5) is 0. The molecule has 0 saturated heterocycles. The summed E-state index contributed by atoms with van der Waals surface area (Å²) >= 11 is 2.37. The number of alkyl halides is 1. The summed E-state index contributed by atoms with van der Waals surface area (Å²) in [5.74, 6) is 0.540. The molecule has 2 nitrogen and oxygen atoms in total. The fourth-order valence-electron chi connectivity index (χ4n) is 1.72. The molecule has 0 aliphatic rings. The second kappa shape index (κ2) is 4.56. The van der Waals surface area contributed by atoms with Crippen LogP contribution in [0.1, 0.15) is 18.1 Å². The monoisotopic (exact) mass is 340 g/mol. The maximum atomic E-state index is 9.29. The van der Waals surface area contributed by atoms with E-state index in [9.17, 15) is 10.2 Å². The number of rotatable bonds is 2. The lowest BCUT2D eigenvalue weighted by molar-refractivity contribution is 0.475. The van der Waals surface area contributed by atoms with Crippen LogP contribution in [0.2, 0.25) is 0 Å². The number of aromatic hydroxyl groups is 2. The lowest BCUT2D eigenvalue weighted by Gasteiger charge is -2.24. The van der Waals surface area contributed by atoms with Crippen molar-refractivity contribution in [1.29, 1.82) is 0 Å².